The number of rotatable bonds is 2. The zero-order valence-electron chi connectivity index (χ0n) is 7.18. The van der Waals surface area contributed by atoms with Gasteiger partial charge in [-0.15, -0.1) is 11.3 Å². The van der Waals surface area contributed by atoms with Crippen LogP contribution in [0.15, 0.2) is 24.3 Å². The maximum atomic E-state index is 10.7. The van der Waals surface area contributed by atoms with E-state index in [-0.39, 0.29) is 0 Å². The monoisotopic (exact) mass is 206 g/mol. The molecule has 3 nitrogen and oxygen atoms in total. The van der Waals surface area contributed by atoms with Gasteiger partial charge >= 0.3 is 7.12 Å². The first-order valence-corrected chi connectivity index (χ1v) is 4.88. The molecule has 1 heterocycles. The van der Waals surface area contributed by atoms with Crippen LogP contribution < -0.4 is 5.46 Å². The number of aldehydes is 1. The predicted molar refractivity (Wildman–Crippen MR) is 57.0 cm³/mol. The van der Waals surface area contributed by atoms with Crippen molar-refractivity contribution in [3.8, 4) is 0 Å². The van der Waals surface area contributed by atoms with Gasteiger partial charge in [-0.1, -0.05) is 18.2 Å². The van der Waals surface area contributed by atoms with Crippen molar-refractivity contribution in [3.63, 3.8) is 0 Å². The van der Waals surface area contributed by atoms with Gasteiger partial charge in [-0.25, -0.2) is 0 Å². The second kappa shape index (κ2) is 3.53. The summed E-state index contributed by atoms with van der Waals surface area (Å²) in [7, 11) is -1.59. The van der Waals surface area contributed by atoms with Crippen molar-refractivity contribution in [1.29, 1.82) is 0 Å². The average molecular weight is 206 g/mol. The van der Waals surface area contributed by atoms with Gasteiger partial charge < -0.3 is 10.0 Å². The second-order valence-electron chi connectivity index (χ2n) is 2.87. The lowest BCUT2D eigenvalue weighted by Gasteiger charge is -1.96. The van der Waals surface area contributed by atoms with Crippen molar-refractivity contribution in [1.82, 2.24) is 0 Å². The topological polar surface area (TPSA) is 57.5 Å². The Labute approximate surface area is 84.8 Å². The summed E-state index contributed by atoms with van der Waals surface area (Å²) in [6, 6.07) is 7.27. The molecule has 70 valence electrons. The molecule has 0 aliphatic rings. The minimum atomic E-state index is -1.59. The molecule has 0 amide bonds. The Bertz CT molecular complexity index is 478. The van der Waals surface area contributed by atoms with Crippen molar-refractivity contribution in [2.45, 2.75) is 0 Å². The highest BCUT2D eigenvalue weighted by molar-refractivity contribution is 7.22. The van der Waals surface area contributed by atoms with E-state index in [0.29, 0.717) is 16.6 Å². The quantitative estimate of drug-likeness (QED) is 0.552. The Morgan fingerprint density at radius 3 is 2.64 bits per heavy atom. The smallest absolute Gasteiger partial charge is 0.423 e. The number of carbonyl (C=O) groups is 1. The lowest BCUT2D eigenvalue weighted by Crippen LogP contribution is -2.31. The lowest BCUT2D eigenvalue weighted by molar-refractivity contribution is 0.112. The standard InChI is InChI=1S/C9H7BO3S/c11-5-8-9(10(12)13)6-3-1-2-4-7(6)14-8/h1-5,12-13H. The molecule has 5 heteroatoms. The molecule has 2 N–H and O–H groups in total. The zero-order valence-corrected chi connectivity index (χ0v) is 7.99. The highest BCUT2D eigenvalue weighted by atomic mass is 32.1. The van der Waals surface area contributed by atoms with E-state index in [2.05, 4.69) is 0 Å². The molecule has 0 fully saturated rings. The van der Waals surface area contributed by atoms with Crippen LogP contribution >= 0.6 is 11.3 Å². The molecule has 0 spiro atoms. The number of hydrogen-bond acceptors (Lipinski definition) is 4. The number of fused-ring (bicyclic) bond motifs is 1. The third kappa shape index (κ3) is 1.35. The molecule has 2 rings (SSSR count). The third-order valence-corrected chi connectivity index (χ3v) is 3.14. The summed E-state index contributed by atoms with van der Waals surface area (Å²) < 4.78 is 0.887. The van der Waals surface area contributed by atoms with E-state index in [0.717, 1.165) is 10.1 Å². The molecule has 0 unspecified atom stereocenters. The minimum Gasteiger partial charge on any atom is -0.423 e. The van der Waals surface area contributed by atoms with Crippen LogP contribution in [0.1, 0.15) is 9.67 Å². The van der Waals surface area contributed by atoms with Crippen molar-refractivity contribution >= 4 is 40.3 Å². The van der Waals surface area contributed by atoms with Gasteiger partial charge in [0.05, 0.1) is 4.88 Å². The molecule has 0 atom stereocenters. The van der Waals surface area contributed by atoms with Crippen molar-refractivity contribution < 1.29 is 14.8 Å². The van der Waals surface area contributed by atoms with Crippen molar-refractivity contribution in [2.24, 2.45) is 0 Å². The molecule has 14 heavy (non-hydrogen) atoms. The molecule has 0 aliphatic heterocycles. The Morgan fingerprint density at radius 1 is 1.29 bits per heavy atom. The summed E-state index contributed by atoms with van der Waals surface area (Å²) >= 11 is 1.26. The molecule has 0 bridgehead atoms. The maximum Gasteiger partial charge on any atom is 0.490 e. The lowest BCUT2D eigenvalue weighted by atomic mass is 9.78. The Kier molecular flexibility index (Phi) is 2.37. The highest BCUT2D eigenvalue weighted by Crippen LogP contribution is 2.22. The van der Waals surface area contributed by atoms with Gasteiger partial charge in [0.2, 0.25) is 0 Å². The molecule has 1 aromatic carbocycles. The van der Waals surface area contributed by atoms with Crippen molar-refractivity contribution in [3.05, 3.63) is 29.1 Å². The first-order valence-electron chi connectivity index (χ1n) is 4.07. The van der Waals surface area contributed by atoms with Gasteiger partial charge in [-0.05, 0) is 11.5 Å². The van der Waals surface area contributed by atoms with Gasteiger partial charge in [0, 0.05) is 10.2 Å². The molecule has 0 radical (unpaired) electrons. The summed E-state index contributed by atoms with van der Waals surface area (Å²) in [6.45, 7) is 0. The summed E-state index contributed by atoms with van der Waals surface area (Å²) in [6.07, 6.45) is 0.652. The largest absolute Gasteiger partial charge is 0.490 e. The van der Waals surface area contributed by atoms with Gasteiger partial charge in [-0.3, -0.25) is 4.79 Å². The SMILES string of the molecule is O=Cc1sc2ccccc2c1B(O)O. The number of benzene rings is 1. The normalized spacial score (nSPS) is 10.4. The molecule has 2 aromatic rings. The summed E-state index contributed by atoms with van der Waals surface area (Å²) in [5.41, 5.74) is 0.306. The second-order valence-corrected chi connectivity index (χ2v) is 3.95. The molecular weight excluding hydrogens is 199 g/mol. The molecule has 0 saturated heterocycles. The zero-order chi connectivity index (χ0) is 10.1. The number of hydrogen-bond donors (Lipinski definition) is 2. The predicted octanol–water partition coefficient (Wildman–Crippen LogP) is 0.394. The fraction of sp³-hybridized carbons (Fsp3) is 0. The van der Waals surface area contributed by atoms with E-state index in [9.17, 15) is 4.79 Å². The van der Waals surface area contributed by atoms with Crippen LogP contribution in [0.2, 0.25) is 0 Å². The van der Waals surface area contributed by atoms with Crippen molar-refractivity contribution in [2.75, 3.05) is 0 Å². The van der Waals surface area contributed by atoms with E-state index in [4.69, 9.17) is 10.0 Å². The fourth-order valence-electron chi connectivity index (χ4n) is 1.44. The molecule has 0 saturated carbocycles. The van der Waals surface area contributed by atoms with Gasteiger partial charge in [0.1, 0.15) is 0 Å². The van der Waals surface area contributed by atoms with E-state index < -0.39 is 7.12 Å². The first kappa shape index (κ1) is 9.39. The van der Waals surface area contributed by atoms with Gasteiger partial charge in [0.25, 0.3) is 0 Å². The van der Waals surface area contributed by atoms with Crippen LogP contribution in [-0.2, 0) is 0 Å². The molecule has 0 aliphatic carbocycles. The fourth-order valence-corrected chi connectivity index (χ4v) is 2.48. The first-order chi connectivity index (χ1) is 6.74. The van der Waals surface area contributed by atoms with Crippen LogP contribution in [0.4, 0.5) is 0 Å². The molecular formula is C9H7BO3S. The average Bonchev–Trinajstić information content (AvgIpc) is 2.55. The Morgan fingerprint density at radius 2 is 2.00 bits per heavy atom. The van der Waals surface area contributed by atoms with Crippen LogP contribution in [0.25, 0.3) is 10.1 Å². The Balaban J connectivity index is 2.80. The number of carbonyl (C=O) groups excluding carboxylic acids is 1. The summed E-state index contributed by atoms with van der Waals surface area (Å²) in [5.74, 6) is 0. The van der Waals surface area contributed by atoms with E-state index in [1.165, 1.54) is 11.3 Å². The third-order valence-electron chi connectivity index (χ3n) is 2.03. The minimum absolute atomic E-state index is 0.306. The Hall–Kier alpha value is -1.17. The van der Waals surface area contributed by atoms with Crippen LogP contribution in [0, 0.1) is 0 Å². The van der Waals surface area contributed by atoms with E-state index in [1.807, 2.05) is 12.1 Å². The summed E-state index contributed by atoms with van der Waals surface area (Å²) in [5, 5.41) is 19.0. The van der Waals surface area contributed by atoms with Crippen LogP contribution in [0.5, 0.6) is 0 Å². The molecule has 1 aromatic heterocycles. The number of thiophene rings is 1. The van der Waals surface area contributed by atoms with Crippen LogP contribution in [0.3, 0.4) is 0 Å². The highest BCUT2D eigenvalue weighted by Gasteiger charge is 2.21. The van der Waals surface area contributed by atoms with E-state index in [1.54, 1.807) is 12.1 Å². The van der Waals surface area contributed by atoms with Crippen LogP contribution in [-0.4, -0.2) is 23.5 Å². The van der Waals surface area contributed by atoms with E-state index >= 15 is 0 Å². The van der Waals surface area contributed by atoms with Gasteiger partial charge in [-0.2, -0.15) is 0 Å². The van der Waals surface area contributed by atoms with Gasteiger partial charge in [0.15, 0.2) is 6.29 Å². The summed E-state index contributed by atoms with van der Waals surface area (Å²) in [4.78, 5) is 11.1. The maximum absolute atomic E-state index is 10.7.